The minimum atomic E-state index is -0.231. The summed E-state index contributed by atoms with van der Waals surface area (Å²) in [6.07, 6.45) is 4.41. The maximum absolute atomic E-state index is 3.15. The van der Waals surface area contributed by atoms with Gasteiger partial charge in [-0.05, 0) is 0 Å². The Hall–Kier alpha value is -2.07. The second kappa shape index (κ2) is 5.85. The Morgan fingerprint density at radius 1 is 0.652 bits per heavy atom. The third kappa shape index (κ3) is 2.12. The molecule has 0 radical (unpaired) electrons. The molecule has 0 unspecified atom stereocenters. The summed E-state index contributed by atoms with van der Waals surface area (Å²) in [6.45, 7) is 0. The van der Waals surface area contributed by atoms with Crippen molar-refractivity contribution in [1.29, 1.82) is 0 Å². The van der Waals surface area contributed by atoms with Gasteiger partial charge in [0.15, 0.2) is 0 Å². The number of fused-ring (bicyclic) bond motifs is 3. The first-order chi connectivity index (χ1) is 11.4. The van der Waals surface area contributed by atoms with E-state index in [0.29, 0.717) is 0 Å². The van der Waals surface area contributed by atoms with Crippen molar-refractivity contribution in [3.8, 4) is 11.1 Å². The van der Waals surface area contributed by atoms with Crippen molar-refractivity contribution in [3.05, 3.63) is 108 Å². The van der Waals surface area contributed by atoms with Crippen molar-refractivity contribution in [1.82, 2.24) is 0 Å². The van der Waals surface area contributed by atoms with Crippen LogP contribution in [0.5, 0.6) is 0 Å². The second-order valence-electron chi connectivity index (χ2n) is 5.73. The Labute approximate surface area is 147 Å². The van der Waals surface area contributed by atoms with Crippen LogP contribution in [-0.4, -0.2) is 4.49 Å². The first-order valence-corrected chi connectivity index (χ1v) is 8.60. The van der Waals surface area contributed by atoms with E-state index in [4.69, 9.17) is 0 Å². The molecule has 1 heteroatoms. The summed E-state index contributed by atoms with van der Waals surface area (Å²) < 4.78 is 1.96. The van der Waals surface area contributed by atoms with E-state index in [1.807, 2.05) is 4.49 Å². The fraction of sp³-hybridized carbons (Fsp3) is 0.0455. The van der Waals surface area contributed by atoms with Gasteiger partial charge in [0.1, 0.15) is 0 Å². The number of hydrogen-bond acceptors (Lipinski definition) is 0. The predicted octanol–water partition coefficient (Wildman–Crippen LogP) is 4.91. The van der Waals surface area contributed by atoms with E-state index in [1.165, 1.54) is 27.8 Å². The van der Waals surface area contributed by atoms with Gasteiger partial charge in [-0.1, -0.05) is 0 Å². The summed E-state index contributed by atoms with van der Waals surface area (Å²) >= 11 is 3.15. The summed E-state index contributed by atoms with van der Waals surface area (Å²) in [6, 6.07) is 28.2. The van der Waals surface area contributed by atoms with Crippen LogP contribution in [0.4, 0.5) is 0 Å². The molecule has 0 fully saturated rings. The van der Waals surface area contributed by atoms with Gasteiger partial charge in [0.25, 0.3) is 0 Å². The molecular weight excluding hydrogens is 371 g/mol. The van der Waals surface area contributed by atoms with Crippen LogP contribution >= 0.6 is 0 Å². The summed E-state index contributed by atoms with van der Waals surface area (Å²) in [5, 5.41) is 0. The molecule has 23 heavy (non-hydrogen) atoms. The Morgan fingerprint density at radius 2 is 1.17 bits per heavy atom. The van der Waals surface area contributed by atoms with Gasteiger partial charge in [0.2, 0.25) is 0 Å². The molecule has 0 aromatic heterocycles. The molecule has 114 valence electrons. The fourth-order valence-electron chi connectivity index (χ4n) is 3.73. The van der Waals surface area contributed by atoms with E-state index < -0.39 is 0 Å². The van der Waals surface area contributed by atoms with Gasteiger partial charge in [-0.15, -0.1) is 0 Å². The van der Waals surface area contributed by atoms with E-state index in [2.05, 4.69) is 110 Å². The molecule has 1 aliphatic carbocycles. The monoisotopic (exact) mass is 386 g/mol. The molecular formula is C22H16Pd. The molecule has 0 saturated heterocycles. The first-order valence-electron chi connectivity index (χ1n) is 7.70. The number of hydrogen-bond donors (Lipinski definition) is 0. The molecule has 0 N–H and O–H groups in total. The van der Waals surface area contributed by atoms with Gasteiger partial charge in [-0.25, -0.2) is 0 Å². The van der Waals surface area contributed by atoms with Crippen molar-refractivity contribution in [2.45, 2.75) is 5.41 Å². The number of rotatable bonds is 3. The molecule has 1 aliphatic rings. The average Bonchev–Trinajstić information content (AvgIpc) is 2.92. The molecule has 0 spiro atoms. The number of benzene rings is 3. The second-order valence-corrected chi connectivity index (χ2v) is 6.25. The van der Waals surface area contributed by atoms with Gasteiger partial charge >= 0.3 is 147 Å². The van der Waals surface area contributed by atoms with Crippen molar-refractivity contribution >= 4 is 4.49 Å². The van der Waals surface area contributed by atoms with E-state index in [9.17, 15) is 0 Å². The van der Waals surface area contributed by atoms with Crippen LogP contribution < -0.4 is 0 Å². The van der Waals surface area contributed by atoms with Crippen molar-refractivity contribution in [2.75, 3.05) is 0 Å². The molecule has 0 nitrogen and oxygen atoms in total. The van der Waals surface area contributed by atoms with Gasteiger partial charge < -0.3 is 0 Å². The van der Waals surface area contributed by atoms with Crippen LogP contribution in [0.25, 0.3) is 11.1 Å². The van der Waals surface area contributed by atoms with Crippen molar-refractivity contribution in [3.63, 3.8) is 0 Å². The van der Waals surface area contributed by atoms with Crippen LogP contribution in [0.1, 0.15) is 16.7 Å². The third-order valence-electron chi connectivity index (χ3n) is 4.63. The Bertz CT molecular complexity index is 845. The summed E-state index contributed by atoms with van der Waals surface area (Å²) in [4.78, 5) is 0. The zero-order valence-corrected chi connectivity index (χ0v) is 14.1. The molecule has 3 aromatic rings. The Kier molecular flexibility index (Phi) is 3.70. The van der Waals surface area contributed by atoms with E-state index in [-0.39, 0.29) is 5.41 Å². The third-order valence-corrected chi connectivity index (χ3v) is 4.93. The zero-order valence-electron chi connectivity index (χ0n) is 12.6. The van der Waals surface area contributed by atoms with Crippen molar-refractivity contribution < 1.29 is 18.7 Å². The molecule has 0 aliphatic heterocycles. The molecule has 4 rings (SSSR count). The quantitative estimate of drug-likeness (QED) is 0.561. The Balaban J connectivity index is 2.14. The normalized spacial score (nSPS) is 14.5. The average molecular weight is 387 g/mol. The molecule has 3 aromatic carbocycles. The topological polar surface area (TPSA) is 0 Å². The fourth-order valence-corrected chi connectivity index (χ4v) is 3.88. The zero-order chi connectivity index (χ0) is 15.7. The van der Waals surface area contributed by atoms with E-state index in [0.717, 1.165) is 0 Å². The SMILES string of the molecule is [Pd]=[CH]/C=C\C1(c2ccccc2)c2ccccc2-c2ccccc21. The molecule has 0 saturated carbocycles. The molecule has 0 heterocycles. The van der Waals surface area contributed by atoms with E-state index >= 15 is 0 Å². The predicted molar refractivity (Wildman–Crippen MR) is 93.4 cm³/mol. The van der Waals surface area contributed by atoms with Crippen LogP contribution in [0.2, 0.25) is 0 Å². The van der Waals surface area contributed by atoms with Gasteiger partial charge in [0.05, 0.1) is 0 Å². The molecule has 0 bridgehead atoms. The van der Waals surface area contributed by atoms with Crippen LogP contribution in [0, 0.1) is 0 Å². The standard InChI is InChI=1S/C22H16.Pd/c1-2-16-22(17-10-4-3-5-11-17)20-14-8-6-12-18(20)19-13-7-9-15-21(19)22;/h1-16H;/b16-2-;. The van der Waals surface area contributed by atoms with Crippen molar-refractivity contribution in [2.24, 2.45) is 0 Å². The summed E-state index contributed by atoms with van der Waals surface area (Å²) in [7, 11) is 0. The van der Waals surface area contributed by atoms with Gasteiger partial charge in [-0.2, -0.15) is 0 Å². The Morgan fingerprint density at radius 3 is 1.74 bits per heavy atom. The van der Waals surface area contributed by atoms with Gasteiger partial charge in [0, 0.05) is 0 Å². The molecule has 0 atom stereocenters. The molecule has 0 amide bonds. The van der Waals surface area contributed by atoms with Crippen LogP contribution in [0.15, 0.2) is 91.0 Å². The maximum atomic E-state index is 3.15. The summed E-state index contributed by atoms with van der Waals surface area (Å²) in [5.74, 6) is 0. The van der Waals surface area contributed by atoms with Gasteiger partial charge in [-0.3, -0.25) is 0 Å². The summed E-state index contributed by atoms with van der Waals surface area (Å²) in [5.41, 5.74) is 6.42. The first kappa shape index (κ1) is 14.5. The minimum absolute atomic E-state index is 0.231. The van der Waals surface area contributed by atoms with Crippen LogP contribution in [-0.2, 0) is 24.2 Å². The van der Waals surface area contributed by atoms with E-state index in [1.54, 1.807) is 0 Å². The van der Waals surface area contributed by atoms with Crippen LogP contribution in [0.3, 0.4) is 0 Å². The number of allylic oxidation sites excluding steroid dienone is 2.